The molecule has 0 radical (unpaired) electrons. The van der Waals surface area contributed by atoms with Crippen LogP contribution in [0.15, 0.2) is 48.2 Å². The Kier molecular flexibility index (Phi) is 8.43. The summed E-state index contributed by atoms with van der Waals surface area (Å²) < 4.78 is 111. The Bertz CT molecular complexity index is 1290. The van der Waals surface area contributed by atoms with Crippen molar-refractivity contribution in [3.63, 3.8) is 0 Å². The highest BCUT2D eigenvalue weighted by Gasteiger charge is 2.59. The van der Waals surface area contributed by atoms with Gasteiger partial charge in [0.15, 0.2) is 5.54 Å². The van der Waals surface area contributed by atoms with Gasteiger partial charge in [0.05, 0.1) is 12.3 Å². The predicted molar refractivity (Wildman–Crippen MR) is 125 cm³/mol. The third-order valence-electron chi connectivity index (χ3n) is 5.78. The first-order valence-electron chi connectivity index (χ1n) is 11.1. The number of rotatable bonds is 9. The largest absolute Gasteiger partial charge is 0.494 e. The van der Waals surface area contributed by atoms with E-state index >= 15 is 0 Å². The molecule has 0 aliphatic carbocycles. The maximum absolute atomic E-state index is 14.6. The van der Waals surface area contributed by atoms with Gasteiger partial charge in [0.25, 0.3) is 10.2 Å². The molecule has 2 heterocycles. The van der Waals surface area contributed by atoms with Crippen LogP contribution in [0.5, 0.6) is 5.75 Å². The highest BCUT2D eigenvalue weighted by molar-refractivity contribution is 7.87. The number of carbonyl (C=O) groups is 1. The summed E-state index contributed by atoms with van der Waals surface area (Å²) in [6, 6.07) is 7.43. The molecule has 208 valence electrons. The standard InChI is InChI=1S/C23H24F6N4O4S/c1-14-3-8-19(31-12-14)17-11-21(23(27,28)29,33-20(34)18(17)13-32-38(30,35)36)15-4-6-16(7-5-15)37-10-2-9-22(24,25)26/h3-8,12,32H,2,9-11,13H2,1H3,(H,33,34)(H2,30,35,36)/t21-/m0/s1. The number of benzene rings is 1. The first kappa shape index (κ1) is 29.4. The van der Waals surface area contributed by atoms with Crippen molar-refractivity contribution in [2.75, 3.05) is 13.2 Å². The third-order valence-corrected chi connectivity index (χ3v) is 6.33. The number of aromatic nitrogens is 1. The van der Waals surface area contributed by atoms with Gasteiger partial charge in [-0.2, -0.15) is 39.5 Å². The first-order chi connectivity index (χ1) is 17.5. The fourth-order valence-electron chi connectivity index (χ4n) is 3.88. The Morgan fingerprint density at radius 3 is 2.29 bits per heavy atom. The Morgan fingerprint density at radius 1 is 1.11 bits per heavy atom. The second-order valence-corrected chi connectivity index (χ2v) is 10.0. The summed E-state index contributed by atoms with van der Waals surface area (Å²) in [6.07, 6.45) is -10.2. The maximum atomic E-state index is 14.6. The van der Waals surface area contributed by atoms with Crippen LogP contribution >= 0.6 is 0 Å². The zero-order chi connectivity index (χ0) is 28.4. The smallest absolute Gasteiger partial charge is 0.416 e. The van der Waals surface area contributed by atoms with Gasteiger partial charge < -0.3 is 10.1 Å². The van der Waals surface area contributed by atoms with Gasteiger partial charge in [0.2, 0.25) is 5.91 Å². The molecule has 8 nitrogen and oxygen atoms in total. The summed E-state index contributed by atoms with van der Waals surface area (Å²) in [7, 11) is -4.27. The first-order valence-corrected chi connectivity index (χ1v) is 12.7. The van der Waals surface area contributed by atoms with Crippen LogP contribution in [-0.2, 0) is 20.5 Å². The lowest BCUT2D eigenvalue weighted by molar-refractivity contribution is -0.201. The van der Waals surface area contributed by atoms with Crippen molar-refractivity contribution in [3.05, 3.63) is 65.0 Å². The van der Waals surface area contributed by atoms with Crippen molar-refractivity contribution < 1.29 is 44.3 Å². The second-order valence-electron chi connectivity index (χ2n) is 8.67. The monoisotopic (exact) mass is 566 g/mol. The average Bonchev–Trinajstić information content (AvgIpc) is 2.79. The zero-order valence-electron chi connectivity index (χ0n) is 19.9. The number of hydrogen-bond acceptors (Lipinski definition) is 5. The minimum Gasteiger partial charge on any atom is -0.494 e. The molecule has 3 rings (SSSR count). The summed E-state index contributed by atoms with van der Waals surface area (Å²) in [4.78, 5) is 17.2. The lowest BCUT2D eigenvalue weighted by Gasteiger charge is -2.41. The minimum atomic E-state index is -5.02. The Balaban J connectivity index is 1.99. The summed E-state index contributed by atoms with van der Waals surface area (Å²) in [6.45, 7) is 0.732. The molecule has 2 aromatic rings. The van der Waals surface area contributed by atoms with Gasteiger partial charge in [-0.15, -0.1) is 0 Å². The van der Waals surface area contributed by atoms with Crippen molar-refractivity contribution in [3.8, 4) is 5.75 Å². The van der Waals surface area contributed by atoms with Crippen LogP contribution < -0.4 is 19.9 Å². The lowest BCUT2D eigenvalue weighted by Crippen LogP contribution is -2.59. The fraction of sp³-hybridized carbons (Fsp3) is 0.391. The van der Waals surface area contributed by atoms with E-state index in [1.165, 1.54) is 12.3 Å². The quantitative estimate of drug-likeness (QED) is 0.316. The van der Waals surface area contributed by atoms with Gasteiger partial charge in [-0.25, -0.2) is 5.14 Å². The van der Waals surface area contributed by atoms with E-state index in [0.717, 1.165) is 24.3 Å². The van der Waals surface area contributed by atoms with E-state index in [4.69, 9.17) is 9.88 Å². The number of halogens is 6. The molecule has 1 atom stereocenters. The Morgan fingerprint density at radius 2 is 1.76 bits per heavy atom. The molecule has 0 bridgehead atoms. The number of nitrogens with zero attached hydrogens (tertiary/aromatic N) is 1. The summed E-state index contributed by atoms with van der Waals surface area (Å²) in [5.74, 6) is -1.14. The van der Waals surface area contributed by atoms with E-state index < -0.39 is 53.4 Å². The SMILES string of the molecule is Cc1ccc(C2=C(CNS(N)(=O)=O)C(=O)N[C@@](c3ccc(OCCCC(F)(F)F)cc3)(C(F)(F)F)C2)nc1. The van der Waals surface area contributed by atoms with Crippen LogP contribution in [0.4, 0.5) is 26.3 Å². The number of nitrogens with one attached hydrogen (secondary N) is 2. The number of hydrogen-bond donors (Lipinski definition) is 3. The number of alkyl halides is 6. The Labute approximate surface area is 214 Å². The molecule has 15 heteroatoms. The summed E-state index contributed by atoms with van der Waals surface area (Å²) in [5.41, 5.74) is -2.99. The van der Waals surface area contributed by atoms with Crippen molar-refractivity contribution in [2.24, 2.45) is 5.14 Å². The molecule has 0 fully saturated rings. The number of aryl methyl sites for hydroxylation is 1. The van der Waals surface area contributed by atoms with E-state index in [1.54, 1.807) is 13.0 Å². The molecule has 1 aliphatic heterocycles. The molecule has 0 saturated carbocycles. The van der Waals surface area contributed by atoms with E-state index in [2.05, 4.69) is 4.98 Å². The molecular formula is C23H24F6N4O4S. The minimum absolute atomic E-state index is 0.0370. The van der Waals surface area contributed by atoms with Gasteiger partial charge in [-0.1, -0.05) is 18.2 Å². The van der Waals surface area contributed by atoms with E-state index in [1.807, 2.05) is 10.0 Å². The molecule has 1 aromatic carbocycles. The van der Waals surface area contributed by atoms with E-state index in [9.17, 15) is 39.6 Å². The van der Waals surface area contributed by atoms with Crippen LogP contribution in [0.3, 0.4) is 0 Å². The molecule has 0 spiro atoms. The molecule has 0 unspecified atom stereocenters. The molecular weight excluding hydrogens is 542 g/mol. The number of carbonyl (C=O) groups excluding carboxylic acids is 1. The van der Waals surface area contributed by atoms with Gasteiger partial charge in [0, 0.05) is 31.2 Å². The van der Waals surface area contributed by atoms with Gasteiger partial charge in [-0.3, -0.25) is 9.78 Å². The molecule has 1 aromatic heterocycles. The Hall–Kier alpha value is -3.17. The second kappa shape index (κ2) is 10.9. The predicted octanol–water partition coefficient (Wildman–Crippen LogP) is 3.64. The van der Waals surface area contributed by atoms with E-state index in [0.29, 0.717) is 5.56 Å². The number of nitrogens with two attached hydrogens (primary N) is 1. The molecule has 0 saturated heterocycles. The highest BCUT2D eigenvalue weighted by Crippen LogP contribution is 2.48. The fourth-order valence-corrected chi connectivity index (χ4v) is 4.23. The van der Waals surface area contributed by atoms with Crippen molar-refractivity contribution >= 4 is 21.7 Å². The molecule has 1 amide bonds. The van der Waals surface area contributed by atoms with Gasteiger partial charge in [-0.05, 0) is 48.2 Å². The topological polar surface area (TPSA) is 123 Å². The van der Waals surface area contributed by atoms with Crippen molar-refractivity contribution in [1.82, 2.24) is 15.0 Å². The van der Waals surface area contributed by atoms with E-state index in [-0.39, 0.29) is 41.2 Å². The van der Waals surface area contributed by atoms with Crippen molar-refractivity contribution in [1.29, 1.82) is 0 Å². The normalized spacial score (nSPS) is 18.9. The maximum Gasteiger partial charge on any atom is 0.416 e. The van der Waals surface area contributed by atoms with Crippen LogP contribution in [0.2, 0.25) is 0 Å². The summed E-state index contributed by atoms with van der Waals surface area (Å²) >= 11 is 0. The molecule has 4 N–H and O–H groups in total. The van der Waals surface area contributed by atoms with Gasteiger partial charge in [0.1, 0.15) is 5.75 Å². The lowest BCUT2D eigenvalue weighted by atomic mass is 9.77. The number of ether oxygens (including phenoxy) is 1. The average molecular weight is 567 g/mol. The van der Waals surface area contributed by atoms with Gasteiger partial charge >= 0.3 is 12.4 Å². The van der Waals surface area contributed by atoms with Crippen molar-refractivity contribution in [2.45, 2.75) is 44.1 Å². The number of pyridine rings is 1. The van der Waals surface area contributed by atoms with Crippen LogP contribution in [0.25, 0.3) is 5.57 Å². The zero-order valence-corrected chi connectivity index (χ0v) is 20.7. The molecule has 1 aliphatic rings. The summed E-state index contributed by atoms with van der Waals surface area (Å²) in [5, 5.41) is 6.92. The third kappa shape index (κ3) is 7.23. The van der Waals surface area contributed by atoms with Crippen LogP contribution in [-0.4, -0.2) is 44.8 Å². The van der Waals surface area contributed by atoms with Crippen LogP contribution in [0, 0.1) is 6.92 Å². The highest BCUT2D eigenvalue weighted by atomic mass is 32.2. The van der Waals surface area contributed by atoms with Crippen LogP contribution in [0.1, 0.15) is 36.1 Å². The molecule has 38 heavy (non-hydrogen) atoms. The number of amides is 1.